The number of alkyl halides is 1. The lowest BCUT2D eigenvalue weighted by Crippen LogP contribution is -2.31. The summed E-state index contributed by atoms with van der Waals surface area (Å²) in [5.74, 6) is 0.579. The lowest BCUT2D eigenvalue weighted by Gasteiger charge is -2.20. The predicted octanol–water partition coefficient (Wildman–Crippen LogP) is 1.35. The predicted molar refractivity (Wildman–Crippen MR) is 58.0 cm³/mol. The third-order valence-corrected chi connectivity index (χ3v) is 2.53. The minimum atomic E-state index is 0.438. The van der Waals surface area contributed by atoms with Crippen molar-refractivity contribution in [1.29, 1.82) is 0 Å². The van der Waals surface area contributed by atoms with Gasteiger partial charge in [-0.1, -0.05) is 0 Å². The largest absolute Gasteiger partial charge is 0.379 e. The summed E-state index contributed by atoms with van der Waals surface area (Å²) in [4.78, 5) is 2.25. The van der Waals surface area contributed by atoms with E-state index in [0.717, 1.165) is 26.3 Å². The molecule has 0 radical (unpaired) electrons. The van der Waals surface area contributed by atoms with Crippen LogP contribution < -0.4 is 0 Å². The summed E-state index contributed by atoms with van der Waals surface area (Å²) in [5.41, 5.74) is 0. The van der Waals surface area contributed by atoms with Crippen molar-refractivity contribution in [2.75, 3.05) is 45.8 Å². The average Bonchev–Trinajstić information content (AvgIpc) is 2.65. The van der Waals surface area contributed by atoms with Crippen molar-refractivity contribution in [2.24, 2.45) is 0 Å². The van der Waals surface area contributed by atoms with E-state index in [0.29, 0.717) is 18.6 Å². The molecule has 0 bridgehead atoms. The van der Waals surface area contributed by atoms with Crippen molar-refractivity contribution in [2.45, 2.75) is 18.9 Å². The van der Waals surface area contributed by atoms with Crippen LogP contribution in [-0.4, -0.2) is 56.8 Å². The van der Waals surface area contributed by atoms with E-state index in [4.69, 9.17) is 21.1 Å². The summed E-state index contributed by atoms with van der Waals surface area (Å²) < 4.78 is 10.9. The molecule has 4 heteroatoms. The molecule has 0 N–H and O–H groups in total. The molecule has 1 aliphatic rings. The van der Waals surface area contributed by atoms with Crippen LogP contribution in [0, 0.1) is 0 Å². The van der Waals surface area contributed by atoms with Crippen molar-refractivity contribution >= 4 is 11.6 Å². The number of ether oxygens (including phenoxy) is 2. The molecule has 0 spiro atoms. The van der Waals surface area contributed by atoms with E-state index >= 15 is 0 Å². The van der Waals surface area contributed by atoms with Crippen LogP contribution in [0.4, 0.5) is 0 Å². The van der Waals surface area contributed by atoms with Gasteiger partial charge in [-0.05, 0) is 19.9 Å². The zero-order valence-electron chi connectivity index (χ0n) is 8.88. The second-order valence-corrected chi connectivity index (χ2v) is 4.08. The van der Waals surface area contributed by atoms with Crippen LogP contribution in [0.3, 0.4) is 0 Å². The molecule has 0 amide bonds. The Balaban J connectivity index is 1.95. The van der Waals surface area contributed by atoms with Crippen LogP contribution in [0.15, 0.2) is 0 Å². The van der Waals surface area contributed by atoms with Gasteiger partial charge in [0.15, 0.2) is 0 Å². The maximum absolute atomic E-state index is 5.55. The fourth-order valence-electron chi connectivity index (χ4n) is 1.60. The summed E-state index contributed by atoms with van der Waals surface area (Å²) in [5, 5.41) is 0. The zero-order chi connectivity index (χ0) is 10.2. The molecule has 1 unspecified atom stereocenters. The molecule has 0 aromatic rings. The first-order valence-corrected chi connectivity index (χ1v) is 5.80. The average molecular weight is 222 g/mol. The fourth-order valence-corrected chi connectivity index (χ4v) is 1.71. The van der Waals surface area contributed by atoms with E-state index in [1.54, 1.807) is 0 Å². The smallest absolute Gasteiger partial charge is 0.0702 e. The molecule has 0 aromatic carbocycles. The Morgan fingerprint density at radius 2 is 2.36 bits per heavy atom. The summed E-state index contributed by atoms with van der Waals surface area (Å²) in [6, 6.07) is 0. The van der Waals surface area contributed by atoms with Gasteiger partial charge in [-0.2, -0.15) is 0 Å². The molecule has 1 aliphatic heterocycles. The van der Waals surface area contributed by atoms with Crippen LogP contribution in [0.1, 0.15) is 12.8 Å². The van der Waals surface area contributed by atoms with Gasteiger partial charge in [0.2, 0.25) is 0 Å². The van der Waals surface area contributed by atoms with E-state index in [1.807, 2.05) is 0 Å². The number of nitrogens with zero attached hydrogens (tertiary/aromatic N) is 1. The normalized spacial score (nSPS) is 22.1. The van der Waals surface area contributed by atoms with Crippen LogP contribution in [0.5, 0.6) is 0 Å². The summed E-state index contributed by atoms with van der Waals surface area (Å²) >= 11 is 5.50. The Morgan fingerprint density at radius 1 is 1.50 bits per heavy atom. The third-order valence-electron chi connectivity index (χ3n) is 2.38. The first kappa shape index (κ1) is 12.2. The maximum atomic E-state index is 5.55. The lowest BCUT2D eigenvalue weighted by atomic mass is 10.2. The second-order valence-electron chi connectivity index (χ2n) is 3.70. The highest BCUT2D eigenvalue weighted by molar-refractivity contribution is 6.17. The second kappa shape index (κ2) is 7.46. The molecule has 1 heterocycles. The highest BCUT2D eigenvalue weighted by Gasteiger charge is 2.16. The fraction of sp³-hybridized carbons (Fsp3) is 1.00. The molecule has 1 fully saturated rings. The Bertz CT molecular complexity index is 140. The van der Waals surface area contributed by atoms with Crippen LogP contribution in [0.25, 0.3) is 0 Å². The SMILES string of the molecule is CN(CCOCCCl)CC1CCCO1. The van der Waals surface area contributed by atoms with Gasteiger partial charge in [0.25, 0.3) is 0 Å². The molecular weight excluding hydrogens is 202 g/mol. The number of hydrogen-bond donors (Lipinski definition) is 0. The Kier molecular flexibility index (Phi) is 6.52. The van der Waals surface area contributed by atoms with Crippen molar-refractivity contribution in [3.05, 3.63) is 0 Å². The van der Waals surface area contributed by atoms with E-state index in [2.05, 4.69) is 11.9 Å². The Morgan fingerprint density at radius 3 is 3.00 bits per heavy atom. The van der Waals surface area contributed by atoms with Gasteiger partial charge in [-0.15, -0.1) is 11.6 Å². The quantitative estimate of drug-likeness (QED) is 0.479. The van der Waals surface area contributed by atoms with E-state index in [9.17, 15) is 0 Å². The van der Waals surface area contributed by atoms with Crippen molar-refractivity contribution < 1.29 is 9.47 Å². The van der Waals surface area contributed by atoms with Crippen molar-refractivity contribution in [3.8, 4) is 0 Å². The summed E-state index contributed by atoms with van der Waals surface area (Å²) in [6.45, 7) is 4.31. The molecule has 3 nitrogen and oxygen atoms in total. The minimum Gasteiger partial charge on any atom is -0.379 e. The first-order chi connectivity index (χ1) is 6.83. The molecule has 84 valence electrons. The molecule has 0 aliphatic carbocycles. The third kappa shape index (κ3) is 5.15. The summed E-state index contributed by atoms with van der Waals surface area (Å²) in [6.07, 6.45) is 2.85. The van der Waals surface area contributed by atoms with E-state index < -0.39 is 0 Å². The van der Waals surface area contributed by atoms with Gasteiger partial charge in [-0.25, -0.2) is 0 Å². The van der Waals surface area contributed by atoms with Gasteiger partial charge in [0, 0.05) is 25.6 Å². The molecule has 0 aromatic heterocycles. The van der Waals surface area contributed by atoms with Gasteiger partial charge in [-0.3, -0.25) is 0 Å². The van der Waals surface area contributed by atoms with Crippen LogP contribution >= 0.6 is 11.6 Å². The molecule has 1 saturated heterocycles. The molecule has 0 saturated carbocycles. The molecule has 14 heavy (non-hydrogen) atoms. The highest BCUT2D eigenvalue weighted by Crippen LogP contribution is 2.12. The summed E-state index contributed by atoms with van der Waals surface area (Å²) in [7, 11) is 2.10. The number of halogens is 1. The minimum absolute atomic E-state index is 0.438. The van der Waals surface area contributed by atoms with E-state index in [-0.39, 0.29) is 0 Å². The topological polar surface area (TPSA) is 21.7 Å². The van der Waals surface area contributed by atoms with Crippen LogP contribution in [0.2, 0.25) is 0 Å². The van der Waals surface area contributed by atoms with Crippen LogP contribution in [-0.2, 0) is 9.47 Å². The van der Waals surface area contributed by atoms with Gasteiger partial charge >= 0.3 is 0 Å². The Hall–Kier alpha value is 0.170. The van der Waals surface area contributed by atoms with Gasteiger partial charge in [0.1, 0.15) is 0 Å². The Labute approximate surface area is 91.3 Å². The number of likely N-dealkylation sites (N-methyl/N-ethyl adjacent to an activating group) is 1. The monoisotopic (exact) mass is 221 g/mol. The van der Waals surface area contributed by atoms with Crippen molar-refractivity contribution in [3.63, 3.8) is 0 Å². The number of rotatable bonds is 7. The standard InChI is InChI=1S/C10H20ClNO2/c1-12(5-8-13-7-4-11)9-10-3-2-6-14-10/h10H,2-9H2,1H3. The maximum Gasteiger partial charge on any atom is 0.0702 e. The highest BCUT2D eigenvalue weighted by atomic mass is 35.5. The molecular formula is C10H20ClNO2. The van der Waals surface area contributed by atoms with E-state index in [1.165, 1.54) is 12.8 Å². The number of hydrogen-bond acceptors (Lipinski definition) is 3. The van der Waals surface area contributed by atoms with Gasteiger partial charge in [0.05, 0.1) is 19.3 Å². The first-order valence-electron chi connectivity index (χ1n) is 5.27. The van der Waals surface area contributed by atoms with Crippen molar-refractivity contribution in [1.82, 2.24) is 4.90 Å². The zero-order valence-corrected chi connectivity index (χ0v) is 9.63. The lowest BCUT2D eigenvalue weighted by molar-refractivity contribution is 0.0658. The molecule has 1 atom stereocenters. The molecule has 1 rings (SSSR count). The van der Waals surface area contributed by atoms with Gasteiger partial charge < -0.3 is 14.4 Å².